The largest absolute Gasteiger partial charge is 0.392 e. The Morgan fingerprint density at radius 1 is 1.33 bits per heavy atom. The molecule has 0 fully saturated rings. The normalized spacial score (nSPS) is 34.6. The zero-order valence-corrected chi connectivity index (χ0v) is 7.49. The van der Waals surface area contributed by atoms with Crippen LogP contribution >= 0.6 is 0 Å². The molecule has 2 aliphatic rings. The molecule has 66 valence electrons. The fourth-order valence-corrected chi connectivity index (χ4v) is 1.98. The molecule has 1 aliphatic carbocycles. The summed E-state index contributed by atoms with van der Waals surface area (Å²) in [6.45, 7) is 2.08. The average Bonchev–Trinajstić information content (AvgIpc) is 2.31. The molecule has 2 unspecified atom stereocenters. The molecule has 0 radical (unpaired) electrons. The van der Waals surface area contributed by atoms with Crippen LogP contribution in [-0.2, 0) is 4.84 Å². The Kier molecular flexibility index (Phi) is 2.15. The summed E-state index contributed by atoms with van der Waals surface area (Å²) in [6.07, 6.45) is 9.56. The van der Waals surface area contributed by atoms with E-state index in [0.29, 0.717) is 12.0 Å². The second-order valence-corrected chi connectivity index (χ2v) is 3.61. The van der Waals surface area contributed by atoms with Crippen LogP contribution in [0.5, 0.6) is 0 Å². The van der Waals surface area contributed by atoms with Crippen LogP contribution in [0.15, 0.2) is 17.3 Å². The summed E-state index contributed by atoms with van der Waals surface area (Å²) in [4.78, 5) is 5.36. The van der Waals surface area contributed by atoms with Gasteiger partial charge in [-0.15, -0.1) is 0 Å². The highest BCUT2D eigenvalue weighted by atomic mass is 16.6. The Morgan fingerprint density at radius 3 is 2.92 bits per heavy atom. The van der Waals surface area contributed by atoms with Gasteiger partial charge in [0.1, 0.15) is 6.10 Å². The van der Waals surface area contributed by atoms with Crippen LogP contribution in [0.4, 0.5) is 0 Å². The molecule has 0 saturated carbocycles. The highest BCUT2D eigenvalue weighted by Gasteiger charge is 2.30. The molecule has 0 spiro atoms. The third-order valence-corrected chi connectivity index (χ3v) is 2.75. The lowest BCUT2D eigenvalue weighted by Crippen LogP contribution is -2.22. The van der Waals surface area contributed by atoms with Crippen molar-refractivity contribution < 1.29 is 4.84 Å². The van der Waals surface area contributed by atoms with Crippen LogP contribution in [0.1, 0.15) is 32.6 Å². The first-order valence-corrected chi connectivity index (χ1v) is 4.73. The molecule has 1 aliphatic heterocycles. The number of nitrogens with zero attached hydrogens (tertiary/aromatic N) is 1. The van der Waals surface area contributed by atoms with Gasteiger partial charge in [-0.25, -0.2) is 0 Å². The van der Waals surface area contributed by atoms with Crippen molar-refractivity contribution >= 4 is 5.71 Å². The molecule has 0 bridgehead atoms. The lowest BCUT2D eigenvalue weighted by atomic mass is 9.89. The fourth-order valence-electron chi connectivity index (χ4n) is 1.98. The van der Waals surface area contributed by atoms with Gasteiger partial charge in [-0.2, -0.15) is 0 Å². The molecule has 1 heterocycles. The van der Waals surface area contributed by atoms with E-state index in [4.69, 9.17) is 4.84 Å². The predicted octanol–water partition coefficient (Wildman–Crippen LogP) is 2.51. The molecule has 2 nitrogen and oxygen atoms in total. The van der Waals surface area contributed by atoms with Crippen molar-refractivity contribution in [1.82, 2.24) is 0 Å². The van der Waals surface area contributed by atoms with Gasteiger partial charge in [0.25, 0.3) is 0 Å². The molecule has 12 heavy (non-hydrogen) atoms. The van der Waals surface area contributed by atoms with Crippen LogP contribution in [0.2, 0.25) is 0 Å². The molecular formula is C10H15NO. The van der Waals surface area contributed by atoms with Crippen molar-refractivity contribution in [2.45, 2.75) is 38.7 Å². The van der Waals surface area contributed by atoms with E-state index in [1.54, 1.807) is 0 Å². The van der Waals surface area contributed by atoms with Crippen LogP contribution in [0, 0.1) is 5.92 Å². The van der Waals surface area contributed by atoms with Gasteiger partial charge in [0.15, 0.2) is 0 Å². The molecule has 0 N–H and O–H groups in total. The third-order valence-electron chi connectivity index (χ3n) is 2.75. The minimum absolute atomic E-state index is 0.370. The van der Waals surface area contributed by atoms with E-state index in [1.807, 2.05) is 0 Å². The first-order chi connectivity index (χ1) is 5.88. The number of hydrogen-bond donors (Lipinski definition) is 0. The number of hydrogen-bond acceptors (Lipinski definition) is 2. The molecule has 0 aromatic heterocycles. The molecule has 2 heteroatoms. The number of rotatable bonds is 0. The second kappa shape index (κ2) is 3.30. The molecule has 0 amide bonds. The highest BCUT2D eigenvalue weighted by molar-refractivity contribution is 5.85. The van der Waals surface area contributed by atoms with E-state index in [2.05, 4.69) is 24.2 Å². The van der Waals surface area contributed by atoms with Gasteiger partial charge in [-0.05, 0) is 32.6 Å². The Hall–Kier alpha value is -0.790. The van der Waals surface area contributed by atoms with Gasteiger partial charge in [0.2, 0.25) is 0 Å². The number of oxime groups is 1. The summed E-state index contributed by atoms with van der Waals surface area (Å²) >= 11 is 0. The maximum Gasteiger partial charge on any atom is 0.136 e. The second-order valence-electron chi connectivity index (χ2n) is 3.61. The average molecular weight is 165 g/mol. The van der Waals surface area contributed by atoms with Gasteiger partial charge in [0, 0.05) is 5.92 Å². The standard InChI is InChI=1S/C10H15NO/c1-8-9-6-4-2-3-5-7-10(9)12-11-8/h2-3,9-10H,4-7H2,1H3. The highest BCUT2D eigenvalue weighted by Crippen LogP contribution is 2.28. The maximum atomic E-state index is 5.36. The lowest BCUT2D eigenvalue weighted by molar-refractivity contribution is 0.0538. The smallest absolute Gasteiger partial charge is 0.136 e. The van der Waals surface area contributed by atoms with Gasteiger partial charge >= 0.3 is 0 Å². The van der Waals surface area contributed by atoms with Crippen molar-refractivity contribution in [3.63, 3.8) is 0 Å². The fraction of sp³-hybridized carbons (Fsp3) is 0.700. The third kappa shape index (κ3) is 1.38. The first-order valence-electron chi connectivity index (χ1n) is 4.73. The van der Waals surface area contributed by atoms with Gasteiger partial charge in [0.05, 0.1) is 5.71 Å². The lowest BCUT2D eigenvalue weighted by Gasteiger charge is -2.17. The topological polar surface area (TPSA) is 21.6 Å². The number of allylic oxidation sites excluding steroid dienone is 2. The molecular weight excluding hydrogens is 150 g/mol. The molecule has 2 atom stereocenters. The zero-order valence-electron chi connectivity index (χ0n) is 7.49. The minimum atomic E-state index is 0.370. The monoisotopic (exact) mass is 165 g/mol. The summed E-state index contributed by atoms with van der Waals surface area (Å²) in [7, 11) is 0. The summed E-state index contributed by atoms with van der Waals surface area (Å²) in [5.74, 6) is 0.593. The summed E-state index contributed by atoms with van der Waals surface area (Å²) in [6, 6.07) is 0. The van der Waals surface area contributed by atoms with E-state index < -0.39 is 0 Å². The maximum absolute atomic E-state index is 5.36. The van der Waals surface area contributed by atoms with E-state index >= 15 is 0 Å². The molecule has 2 rings (SSSR count). The molecule has 0 aromatic rings. The zero-order chi connectivity index (χ0) is 8.39. The van der Waals surface area contributed by atoms with E-state index in [-0.39, 0.29) is 0 Å². The summed E-state index contributed by atoms with van der Waals surface area (Å²) in [5, 5.41) is 4.05. The first kappa shape index (κ1) is 7.84. The Bertz CT molecular complexity index is 220. The van der Waals surface area contributed by atoms with Crippen LogP contribution < -0.4 is 0 Å². The van der Waals surface area contributed by atoms with E-state index in [9.17, 15) is 0 Å². The Labute approximate surface area is 73.3 Å². The summed E-state index contributed by atoms with van der Waals surface area (Å²) < 4.78 is 0. The van der Waals surface area contributed by atoms with Crippen molar-refractivity contribution in [2.75, 3.05) is 0 Å². The van der Waals surface area contributed by atoms with Gasteiger partial charge in [-0.3, -0.25) is 0 Å². The van der Waals surface area contributed by atoms with Crippen molar-refractivity contribution in [2.24, 2.45) is 11.1 Å². The number of fused-ring (bicyclic) bond motifs is 1. The predicted molar refractivity (Wildman–Crippen MR) is 49.1 cm³/mol. The van der Waals surface area contributed by atoms with Crippen molar-refractivity contribution in [1.29, 1.82) is 0 Å². The van der Waals surface area contributed by atoms with Crippen molar-refractivity contribution in [3.05, 3.63) is 12.2 Å². The SMILES string of the molecule is CC1=NOC2CCC=CCCC12. The van der Waals surface area contributed by atoms with Crippen molar-refractivity contribution in [3.8, 4) is 0 Å². The Balaban J connectivity index is 2.06. The van der Waals surface area contributed by atoms with Crippen LogP contribution in [0.3, 0.4) is 0 Å². The minimum Gasteiger partial charge on any atom is -0.392 e. The van der Waals surface area contributed by atoms with Gasteiger partial charge < -0.3 is 4.84 Å². The van der Waals surface area contributed by atoms with Gasteiger partial charge in [-0.1, -0.05) is 17.3 Å². The van der Waals surface area contributed by atoms with E-state index in [0.717, 1.165) is 12.8 Å². The quantitative estimate of drug-likeness (QED) is 0.505. The van der Waals surface area contributed by atoms with Crippen LogP contribution in [0.25, 0.3) is 0 Å². The molecule has 0 saturated heterocycles. The Morgan fingerprint density at radius 2 is 2.08 bits per heavy atom. The van der Waals surface area contributed by atoms with Crippen LogP contribution in [-0.4, -0.2) is 11.8 Å². The summed E-state index contributed by atoms with van der Waals surface area (Å²) in [5.41, 5.74) is 1.19. The molecule has 0 aromatic carbocycles. The van der Waals surface area contributed by atoms with E-state index in [1.165, 1.54) is 18.6 Å².